The van der Waals surface area contributed by atoms with Crippen molar-refractivity contribution in [2.75, 3.05) is 32.6 Å². The van der Waals surface area contributed by atoms with E-state index in [0.29, 0.717) is 42.7 Å². The summed E-state index contributed by atoms with van der Waals surface area (Å²) in [5, 5.41) is 7.26. The molecule has 3 aromatic rings. The van der Waals surface area contributed by atoms with Gasteiger partial charge < -0.3 is 20.3 Å². The molecule has 0 aliphatic carbocycles. The molecule has 1 aliphatic rings. The Morgan fingerprint density at radius 1 is 0.909 bits per heavy atom. The Morgan fingerprint density at radius 3 is 2.21 bits per heavy atom. The summed E-state index contributed by atoms with van der Waals surface area (Å²) in [6.07, 6.45) is 1.20. The third kappa shape index (κ3) is 4.67. The van der Waals surface area contributed by atoms with Crippen LogP contribution in [0.15, 0.2) is 60.7 Å². The minimum atomic E-state index is -0.172. The number of rotatable bonds is 5. The second kappa shape index (κ2) is 9.73. The second-order valence-electron chi connectivity index (χ2n) is 8.07. The van der Waals surface area contributed by atoms with E-state index in [9.17, 15) is 14.4 Å². The highest BCUT2D eigenvalue weighted by molar-refractivity contribution is 6.08. The van der Waals surface area contributed by atoms with Crippen LogP contribution in [0.3, 0.4) is 0 Å². The molecule has 0 bridgehead atoms. The lowest BCUT2D eigenvalue weighted by molar-refractivity contribution is -0.121. The molecule has 2 N–H and O–H groups in total. The van der Waals surface area contributed by atoms with Crippen LogP contribution in [0.2, 0.25) is 0 Å². The monoisotopic (exact) mass is 445 g/mol. The Balaban J connectivity index is 1.39. The van der Waals surface area contributed by atoms with E-state index in [-0.39, 0.29) is 23.6 Å². The summed E-state index contributed by atoms with van der Waals surface area (Å²) in [7, 11) is 3.20. The molecule has 0 spiro atoms. The van der Waals surface area contributed by atoms with Crippen LogP contribution in [0.1, 0.15) is 33.6 Å². The number of likely N-dealkylation sites (tertiary alicyclic amines) is 1. The summed E-state index contributed by atoms with van der Waals surface area (Å²) in [5.74, 6) is 0.304. The largest absolute Gasteiger partial charge is 0.496 e. The smallest absolute Gasteiger partial charge is 0.254 e. The maximum absolute atomic E-state index is 13.2. The molecule has 3 aromatic carbocycles. The molecular weight excluding hydrogens is 418 g/mol. The van der Waals surface area contributed by atoms with Crippen molar-refractivity contribution in [3.05, 3.63) is 71.8 Å². The number of carbonyl (C=O) groups is 3. The predicted octanol–water partition coefficient (Wildman–Crippen LogP) is 3.70. The molecule has 1 fully saturated rings. The van der Waals surface area contributed by atoms with Gasteiger partial charge in [0.1, 0.15) is 5.75 Å². The molecule has 33 heavy (non-hydrogen) atoms. The summed E-state index contributed by atoms with van der Waals surface area (Å²) in [4.78, 5) is 39.4. The summed E-state index contributed by atoms with van der Waals surface area (Å²) in [6, 6.07) is 18.1. The van der Waals surface area contributed by atoms with E-state index in [4.69, 9.17) is 4.74 Å². The van der Waals surface area contributed by atoms with Gasteiger partial charge in [0.25, 0.3) is 11.8 Å². The van der Waals surface area contributed by atoms with E-state index in [1.165, 1.54) is 0 Å². The molecule has 7 heteroatoms. The van der Waals surface area contributed by atoms with Crippen molar-refractivity contribution in [1.29, 1.82) is 0 Å². The van der Waals surface area contributed by atoms with Crippen molar-refractivity contribution in [3.8, 4) is 5.75 Å². The van der Waals surface area contributed by atoms with Crippen LogP contribution in [-0.2, 0) is 4.79 Å². The fourth-order valence-corrected chi connectivity index (χ4v) is 4.24. The van der Waals surface area contributed by atoms with Crippen molar-refractivity contribution in [1.82, 2.24) is 10.2 Å². The summed E-state index contributed by atoms with van der Waals surface area (Å²) in [5.41, 5.74) is 1.83. The number of nitrogens with zero attached hydrogens (tertiary/aromatic N) is 1. The SMILES string of the molecule is CNC(=O)c1ccc(NC(=O)C2CCN(C(=O)c3ccc(OC)c4ccccc34)CC2)cc1. The zero-order valence-electron chi connectivity index (χ0n) is 18.8. The number of anilines is 1. The Bertz CT molecular complexity index is 1180. The normalized spacial score (nSPS) is 14.1. The van der Waals surface area contributed by atoms with Gasteiger partial charge in [-0.25, -0.2) is 0 Å². The van der Waals surface area contributed by atoms with Crippen molar-refractivity contribution in [2.45, 2.75) is 12.8 Å². The van der Waals surface area contributed by atoms with Crippen LogP contribution in [0.5, 0.6) is 5.75 Å². The molecule has 7 nitrogen and oxygen atoms in total. The first-order chi connectivity index (χ1) is 16.0. The Kier molecular flexibility index (Phi) is 6.58. The van der Waals surface area contributed by atoms with E-state index in [1.807, 2.05) is 41.3 Å². The van der Waals surface area contributed by atoms with Gasteiger partial charge in [-0.2, -0.15) is 0 Å². The molecular formula is C26H27N3O4. The molecule has 0 unspecified atom stereocenters. The van der Waals surface area contributed by atoms with Crippen molar-refractivity contribution < 1.29 is 19.1 Å². The molecule has 1 heterocycles. The number of nitrogens with one attached hydrogen (secondary N) is 2. The Hall–Kier alpha value is -3.87. The van der Waals surface area contributed by atoms with Crippen molar-refractivity contribution in [2.24, 2.45) is 5.92 Å². The predicted molar refractivity (Wildman–Crippen MR) is 128 cm³/mol. The number of hydrogen-bond acceptors (Lipinski definition) is 4. The molecule has 1 saturated heterocycles. The molecule has 4 rings (SSSR count). The lowest BCUT2D eigenvalue weighted by atomic mass is 9.94. The van der Waals surface area contributed by atoms with Gasteiger partial charge in [-0.1, -0.05) is 24.3 Å². The average molecular weight is 446 g/mol. The molecule has 0 aromatic heterocycles. The Morgan fingerprint density at radius 2 is 1.58 bits per heavy atom. The van der Waals surface area contributed by atoms with E-state index < -0.39 is 0 Å². The van der Waals surface area contributed by atoms with Crippen LogP contribution >= 0.6 is 0 Å². The number of benzene rings is 3. The molecule has 170 valence electrons. The number of methoxy groups -OCH3 is 1. The standard InChI is InChI=1S/C26H27N3O4/c1-27-24(30)17-7-9-19(10-8-17)28-25(31)18-13-15-29(16-14-18)26(32)22-11-12-23(33-2)21-6-4-3-5-20(21)22/h3-12,18H,13-16H2,1-2H3,(H,27,30)(H,28,31). The molecule has 0 atom stereocenters. The topological polar surface area (TPSA) is 87.7 Å². The zero-order chi connectivity index (χ0) is 23.4. The highest BCUT2D eigenvalue weighted by Crippen LogP contribution is 2.30. The first-order valence-electron chi connectivity index (χ1n) is 11.0. The minimum Gasteiger partial charge on any atom is -0.496 e. The van der Waals surface area contributed by atoms with Crippen LogP contribution in [0.4, 0.5) is 5.69 Å². The molecule has 0 radical (unpaired) electrons. The van der Waals surface area contributed by atoms with Gasteiger partial charge in [0.15, 0.2) is 0 Å². The highest BCUT2D eigenvalue weighted by atomic mass is 16.5. The highest BCUT2D eigenvalue weighted by Gasteiger charge is 2.28. The maximum Gasteiger partial charge on any atom is 0.254 e. The van der Waals surface area contributed by atoms with Crippen molar-refractivity contribution >= 4 is 34.2 Å². The molecule has 3 amide bonds. The third-order valence-corrected chi connectivity index (χ3v) is 6.13. The maximum atomic E-state index is 13.2. The van der Waals surface area contributed by atoms with Gasteiger partial charge in [-0.05, 0) is 54.6 Å². The first kappa shape index (κ1) is 22.3. The average Bonchev–Trinajstić information content (AvgIpc) is 2.87. The quantitative estimate of drug-likeness (QED) is 0.627. The fourth-order valence-electron chi connectivity index (χ4n) is 4.24. The second-order valence-corrected chi connectivity index (χ2v) is 8.07. The van der Waals surface area contributed by atoms with E-state index in [2.05, 4.69) is 10.6 Å². The number of hydrogen-bond donors (Lipinski definition) is 2. The fraction of sp³-hybridized carbons (Fsp3) is 0.269. The number of ether oxygens (including phenoxy) is 1. The van der Waals surface area contributed by atoms with E-state index in [0.717, 1.165) is 16.5 Å². The summed E-state index contributed by atoms with van der Waals surface area (Å²) in [6.45, 7) is 1.04. The van der Waals surface area contributed by atoms with Crippen LogP contribution in [0.25, 0.3) is 10.8 Å². The van der Waals surface area contributed by atoms with E-state index in [1.54, 1.807) is 38.4 Å². The lowest BCUT2D eigenvalue weighted by Crippen LogP contribution is -2.41. The van der Waals surface area contributed by atoms with E-state index >= 15 is 0 Å². The summed E-state index contributed by atoms with van der Waals surface area (Å²) < 4.78 is 5.43. The number of piperidine rings is 1. The first-order valence-corrected chi connectivity index (χ1v) is 11.0. The minimum absolute atomic E-state index is 0.0301. The number of carbonyl (C=O) groups excluding carboxylic acids is 3. The number of amides is 3. The van der Waals surface area contributed by atoms with Crippen LogP contribution < -0.4 is 15.4 Å². The van der Waals surface area contributed by atoms with Gasteiger partial charge in [0.2, 0.25) is 5.91 Å². The van der Waals surface area contributed by atoms with Gasteiger partial charge in [-0.15, -0.1) is 0 Å². The van der Waals surface area contributed by atoms with Gasteiger partial charge in [0.05, 0.1) is 7.11 Å². The zero-order valence-corrected chi connectivity index (χ0v) is 18.8. The van der Waals surface area contributed by atoms with Gasteiger partial charge in [0, 0.05) is 48.3 Å². The van der Waals surface area contributed by atoms with Gasteiger partial charge >= 0.3 is 0 Å². The van der Waals surface area contributed by atoms with Crippen LogP contribution in [-0.4, -0.2) is 49.9 Å². The van der Waals surface area contributed by atoms with Crippen molar-refractivity contribution in [3.63, 3.8) is 0 Å². The number of fused-ring (bicyclic) bond motifs is 1. The lowest BCUT2D eigenvalue weighted by Gasteiger charge is -2.31. The van der Waals surface area contributed by atoms with Gasteiger partial charge in [-0.3, -0.25) is 14.4 Å². The third-order valence-electron chi connectivity index (χ3n) is 6.13. The molecule has 1 aliphatic heterocycles. The summed E-state index contributed by atoms with van der Waals surface area (Å²) >= 11 is 0. The molecule has 0 saturated carbocycles. The Labute approximate surface area is 192 Å². The van der Waals surface area contributed by atoms with Crippen LogP contribution in [0, 0.1) is 5.92 Å².